The molecule has 0 N–H and O–H groups in total. The van der Waals surface area contributed by atoms with Crippen molar-refractivity contribution in [2.24, 2.45) is 0 Å². The van der Waals surface area contributed by atoms with Crippen molar-refractivity contribution in [3.63, 3.8) is 0 Å². The number of hydrogen-bond acceptors (Lipinski definition) is 7. The number of methoxy groups -OCH3 is 1. The molecule has 0 spiro atoms. The summed E-state index contributed by atoms with van der Waals surface area (Å²) in [6.07, 6.45) is 0.804. The summed E-state index contributed by atoms with van der Waals surface area (Å²) in [6, 6.07) is 11.1. The van der Waals surface area contributed by atoms with E-state index in [9.17, 15) is 4.79 Å². The number of fused-ring (bicyclic) bond motifs is 3. The monoisotopic (exact) mass is 406 g/mol. The summed E-state index contributed by atoms with van der Waals surface area (Å²) in [6.45, 7) is 2.21. The number of anilines is 2. The Bertz CT molecular complexity index is 1120. The summed E-state index contributed by atoms with van der Waals surface area (Å²) in [5, 5.41) is 0. The number of aromatic nitrogens is 2. The first-order chi connectivity index (χ1) is 14.7. The van der Waals surface area contributed by atoms with Gasteiger partial charge in [-0.05, 0) is 30.7 Å². The fourth-order valence-electron chi connectivity index (χ4n) is 3.85. The normalized spacial score (nSPS) is 15.5. The van der Waals surface area contributed by atoms with E-state index >= 15 is 0 Å². The van der Waals surface area contributed by atoms with Gasteiger partial charge in [-0.25, -0.2) is 9.97 Å². The standard InChI is InChI=1S/C22H22N4O4/c1-25-8-5-9-26(21-20(25)23-15-6-3-4-7-16(15)24-21)22(27)14-12-17(28-2)19-18(13-14)29-10-11-30-19/h3-4,6-7,12-13H,5,8-11H2,1-2H3. The number of ether oxygens (including phenoxy) is 3. The molecule has 0 bridgehead atoms. The van der Waals surface area contributed by atoms with Crippen molar-refractivity contribution in [2.45, 2.75) is 6.42 Å². The quantitative estimate of drug-likeness (QED) is 0.648. The van der Waals surface area contributed by atoms with Gasteiger partial charge in [-0.1, -0.05) is 12.1 Å². The van der Waals surface area contributed by atoms with Crippen LogP contribution in [0.15, 0.2) is 36.4 Å². The number of hydrogen-bond donors (Lipinski definition) is 0. The number of carbonyl (C=O) groups is 1. The molecule has 1 aromatic heterocycles. The minimum atomic E-state index is -0.175. The average Bonchev–Trinajstić information content (AvgIpc) is 2.95. The molecule has 0 fully saturated rings. The second-order valence-corrected chi connectivity index (χ2v) is 7.29. The van der Waals surface area contributed by atoms with Gasteiger partial charge < -0.3 is 19.1 Å². The number of amides is 1. The van der Waals surface area contributed by atoms with Crippen molar-refractivity contribution < 1.29 is 19.0 Å². The summed E-state index contributed by atoms with van der Waals surface area (Å²) in [7, 11) is 3.53. The summed E-state index contributed by atoms with van der Waals surface area (Å²) < 4.78 is 16.8. The molecule has 0 radical (unpaired) electrons. The molecule has 3 aromatic rings. The van der Waals surface area contributed by atoms with Gasteiger partial charge in [0.2, 0.25) is 5.75 Å². The van der Waals surface area contributed by atoms with Gasteiger partial charge in [0.1, 0.15) is 13.2 Å². The van der Waals surface area contributed by atoms with Crippen LogP contribution >= 0.6 is 0 Å². The summed E-state index contributed by atoms with van der Waals surface area (Å²) in [4.78, 5) is 26.9. The van der Waals surface area contributed by atoms with Gasteiger partial charge in [0.05, 0.1) is 18.1 Å². The van der Waals surface area contributed by atoms with E-state index in [1.165, 1.54) is 0 Å². The Kier molecular flexibility index (Phi) is 4.54. The van der Waals surface area contributed by atoms with Crippen LogP contribution in [0.4, 0.5) is 11.6 Å². The number of rotatable bonds is 2. The molecule has 0 atom stereocenters. The lowest BCUT2D eigenvalue weighted by Crippen LogP contribution is -2.32. The Morgan fingerprint density at radius 3 is 2.53 bits per heavy atom. The Labute approximate surface area is 174 Å². The number of para-hydroxylation sites is 2. The summed E-state index contributed by atoms with van der Waals surface area (Å²) >= 11 is 0. The Hall–Kier alpha value is -3.55. The first kappa shape index (κ1) is 18.5. The zero-order valence-electron chi connectivity index (χ0n) is 16.9. The number of benzene rings is 2. The van der Waals surface area contributed by atoms with Crippen LogP contribution in [0.2, 0.25) is 0 Å². The van der Waals surface area contributed by atoms with E-state index in [-0.39, 0.29) is 5.91 Å². The topological polar surface area (TPSA) is 77.0 Å². The zero-order valence-corrected chi connectivity index (χ0v) is 16.9. The molecule has 2 aliphatic heterocycles. The van der Waals surface area contributed by atoms with E-state index < -0.39 is 0 Å². The first-order valence-electron chi connectivity index (χ1n) is 9.93. The lowest BCUT2D eigenvalue weighted by atomic mass is 10.1. The first-order valence-corrected chi connectivity index (χ1v) is 9.93. The van der Waals surface area contributed by atoms with E-state index in [0.717, 1.165) is 24.0 Å². The van der Waals surface area contributed by atoms with Crippen LogP contribution in [0, 0.1) is 0 Å². The summed E-state index contributed by atoms with van der Waals surface area (Å²) in [5.74, 6) is 2.61. The van der Waals surface area contributed by atoms with Gasteiger partial charge >= 0.3 is 0 Å². The van der Waals surface area contributed by atoms with Crippen LogP contribution in [0.1, 0.15) is 16.8 Å². The predicted octanol–water partition coefficient (Wildman–Crippen LogP) is 2.90. The van der Waals surface area contributed by atoms with Gasteiger partial charge in [-0.3, -0.25) is 9.69 Å². The molecule has 0 saturated heterocycles. The third-order valence-electron chi connectivity index (χ3n) is 5.35. The Morgan fingerprint density at radius 1 is 1.03 bits per heavy atom. The number of carbonyl (C=O) groups excluding carboxylic acids is 1. The van der Waals surface area contributed by atoms with E-state index in [1.807, 2.05) is 36.2 Å². The smallest absolute Gasteiger partial charge is 0.259 e. The highest BCUT2D eigenvalue weighted by Gasteiger charge is 2.29. The third kappa shape index (κ3) is 3.04. The lowest BCUT2D eigenvalue weighted by Gasteiger charge is -2.25. The van der Waals surface area contributed by atoms with E-state index in [1.54, 1.807) is 24.1 Å². The zero-order chi connectivity index (χ0) is 20.7. The molecular weight excluding hydrogens is 384 g/mol. The third-order valence-corrected chi connectivity index (χ3v) is 5.35. The molecule has 2 aromatic carbocycles. The minimum absolute atomic E-state index is 0.175. The van der Waals surface area contributed by atoms with Crippen LogP contribution < -0.4 is 24.0 Å². The highest BCUT2D eigenvalue weighted by Crippen LogP contribution is 2.41. The molecule has 30 heavy (non-hydrogen) atoms. The largest absolute Gasteiger partial charge is 0.493 e. The maximum atomic E-state index is 13.6. The van der Waals surface area contributed by atoms with Crippen LogP contribution in [0.25, 0.3) is 11.0 Å². The maximum Gasteiger partial charge on any atom is 0.259 e. The molecule has 5 rings (SSSR count). The second kappa shape index (κ2) is 7.37. The van der Waals surface area contributed by atoms with Crippen molar-refractivity contribution in [3.8, 4) is 17.2 Å². The highest BCUT2D eigenvalue weighted by molar-refractivity contribution is 6.08. The molecule has 0 aliphatic carbocycles. The molecule has 0 unspecified atom stereocenters. The fourth-order valence-corrected chi connectivity index (χ4v) is 3.85. The number of nitrogens with zero attached hydrogens (tertiary/aromatic N) is 4. The molecular formula is C22H22N4O4. The molecule has 8 nitrogen and oxygen atoms in total. The predicted molar refractivity (Wildman–Crippen MR) is 113 cm³/mol. The van der Waals surface area contributed by atoms with Crippen molar-refractivity contribution in [1.29, 1.82) is 0 Å². The van der Waals surface area contributed by atoms with E-state index in [0.29, 0.717) is 54.2 Å². The van der Waals surface area contributed by atoms with Crippen molar-refractivity contribution in [2.75, 3.05) is 50.3 Å². The molecule has 1 amide bonds. The van der Waals surface area contributed by atoms with Crippen molar-refractivity contribution in [1.82, 2.24) is 9.97 Å². The van der Waals surface area contributed by atoms with Gasteiger partial charge in [0.15, 0.2) is 23.1 Å². The average molecular weight is 406 g/mol. The van der Waals surface area contributed by atoms with Crippen LogP contribution in [0.5, 0.6) is 17.2 Å². The van der Waals surface area contributed by atoms with Crippen LogP contribution in [-0.4, -0.2) is 56.3 Å². The Morgan fingerprint density at radius 2 is 1.77 bits per heavy atom. The van der Waals surface area contributed by atoms with Gasteiger partial charge in [-0.15, -0.1) is 0 Å². The molecule has 8 heteroatoms. The highest BCUT2D eigenvalue weighted by atomic mass is 16.6. The van der Waals surface area contributed by atoms with Crippen LogP contribution in [-0.2, 0) is 0 Å². The van der Waals surface area contributed by atoms with E-state index in [2.05, 4.69) is 0 Å². The SMILES string of the molecule is COc1cc(C(=O)N2CCCN(C)c3nc4ccccc4nc32)cc2c1OCCO2. The summed E-state index contributed by atoms with van der Waals surface area (Å²) in [5.41, 5.74) is 2.02. The minimum Gasteiger partial charge on any atom is -0.493 e. The molecule has 2 aliphatic rings. The van der Waals surface area contributed by atoms with Crippen molar-refractivity contribution >= 4 is 28.6 Å². The molecule has 0 saturated carbocycles. The lowest BCUT2D eigenvalue weighted by molar-refractivity contribution is 0.0984. The van der Waals surface area contributed by atoms with Gasteiger partial charge in [0, 0.05) is 25.7 Å². The van der Waals surface area contributed by atoms with Gasteiger partial charge in [-0.2, -0.15) is 0 Å². The second-order valence-electron chi connectivity index (χ2n) is 7.29. The van der Waals surface area contributed by atoms with Crippen molar-refractivity contribution in [3.05, 3.63) is 42.0 Å². The maximum absolute atomic E-state index is 13.6. The Balaban J connectivity index is 1.61. The molecule has 154 valence electrons. The van der Waals surface area contributed by atoms with E-state index in [4.69, 9.17) is 24.2 Å². The van der Waals surface area contributed by atoms with Crippen LogP contribution in [0.3, 0.4) is 0 Å². The fraction of sp³-hybridized carbons (Fsp3) is 0.318. The van der Waals surface area contributed by atoms with Gasteiger partial charge in [0.25, 0.3) is 5.91 Å². The molecule has 3 heterocycles.